The predicted molar refractivity (Wildman–Crippen MR) is 104 cm³/mol. The maximum atomic E-state index is 13.3. The zero-order valence-corrected chi connectivity index (χ0v) is 15.4. The maximum Gasteiger partial charge on any atom is 0.244 e. The number of hydrogen-bond acceptors (Lipinski definition) is 5. The molecule has 3 aliphatic rings. The fraction of sp³-hybridized carbons (Fsp3) is 0.100. The van der Waals surface area contributed by atoms with Crippen molar-refractivity contribution >= 4 is 40.7 Å². The molecule has 1 spiro atoms. The highest BCUT2D eigenvalue weighted by Gasteiger charge is 2.58. The third kappa shape index (κ3) is 1.93. The van der Waals surface area contributed by atoms with E-state index in [4.69, 9.17) is 22.1 Å². The molecule has 7 heteroatoms. The van der Waals surface area contributed by atoms with Gasteiger partial charge < -0.3 is 15.8 Å². The number of carbonyl (C=O) groups excluding carboxylic acids is 1. The molecule has 5 rings (SSSR count). The Bertz CT molecular complexity index is 1150. The Balaban J connectivity index is 1.88. The van der Waals surface area contributed by atoms with Crippen LogP contribution >= 0.6 is 23.4 Å². The number of thioether (sulfide) groups is 1. The minimum absolute atomic E-state index is 0.0547. The normalized spacial score (nSPS) is 22.6. The zero-order chi connectivity index (χ0) is 18.8. The smallest absolute Gasteiger partial charge is 0.244 e. The zero-order valence-electron chi connectivity index (χ0n) is 13.9. The van der Waals surface area contributed by atoms with Crippen LogP contribution in [0.4, 0.5) is 5.69 Å². The number of nitrogens with one attached hydrogen (secondary N) is 1. The second-order valence-corrected chi connectivity index (χ2v) is 7.81. The molecule has 0 saturated heterocycles. The number of anilines is 1. The maximum absolute atomic E-state index is 13.3. The van der Waals surface area contributed by atoms with E-state index in [1.54, 1.807) is 0 Å². The van der Waals surface area contributed by atoms with Gasteiger partial charge in [-0.25, -0.2) is 0 Å². The van der Waals surface area contributed by atoms with Crippen molar-refractivity contribution in [3.63, 3.8) is 0 Å². The van der Waals surface area contributed by atoms with Crippen molar-refractivity contribution in [1.82, 2.24) is 0 Å². The van der Waals surface area contributed by atoms with E-state index in [1.807, 2.05) is 42.5 Å². The van der Waals surface area contributed by atoms with Crippen LogP contribution in [0.3, 0.4) is 0 Å². The summed E-state index contributed by atoms with van der Waals surface area (Å²) < 4.78 is 5.89. The average molecular weight is 394 g/mol. The van der Waals surface area contributed by atoms with Gasteiger partial charge in [0.05, 0.1) is 5.02 Å². The predicted octanol–water partition coefficient (Wildman–Crippen LogP) is 3.77. The first kappa shape index (κ1) is 16.3. The number of rotatable bonds is 0. The van der Waals surface area contributed by atoms with Gasteiger partial charge in [0.15, 0.2) is 0 Å². The molecular weight excluding hydrogens is 382 g/mol. The minimum atomic E-state index is -1.28. The third-order valence-corrected chi connectivity index (χ3v) is 6.75. The number of halogens is 1. The monoisotopic (exact) mass is 393 g/mol. The molecule has 1 atom stereocenters. The summed E-state index contributed by atoms with van der Waals surface area (Å²) in [5.41, 5.74) is 7.88. The first-order valence-electron chi connectivity index (χ1n) is 8.23. The van der Waals surface area contributed by atoms with Crippen molar-refractivity contribution in [2.45, 2.75) is 10.3 Å². The number of nitrogens with zero attached hydrogens (tertiary/aromatic N) is 1. The molecule has 0 aliphatic carbocycles. The van der Waals surface area contributed by atoms with E-state index < -0.39 is 5.41 Å². The molecule has 3 heterocycles. The minimum Gasteiger partial charge on any atom is -0.440 e. The van der Waals surface area contributed by atoms with E-state index in [-0.39, 0.29) is 17.4 Å². The summed E-state index contributed by atoms with van der Waals surface area (Å²) in [7, 11) is 0. The highest BCUT2D eigenvalue weighted by atomic mass is 35.5. The molecule has 1 amide bonds. The van der Waals surface area contributed by atoms with Crippen LogP contribution in [0, 0.1) is 11.3 Å². The van der Waals surface area contributed by atoms with Crippen LogP contribution < -0.4 is 11.1 Å². The molecule has 2 aromatic rings. The van der Waals surface area contributed by atoms with E-state index in [0.29, 0.717) is 22.2 Å². The number of carbonyl (C=O) groups is 1. The largest absolute Gasteiger partial charge is 0.440 e. The standard InChI is InChI=1S/C20H12ClN3O2S/c21-14-6-3-4-10-16-13(9-27-17(10)14)20(12(8-22)18(23)26-16)11-5-1-2-7-15(11)24-19(20)25/h1-7H,9,23H2,(H,24,25). The van der Waals surface area contributed by atoms with Crippen molar-refractivity contribution in [3.05, 3.63) is 75.6 Å². The fourth-order valence-corrected chi connectivity index (χ4v) is 5.54. The van der Waals surface area contributed by atoms with Crippen LogP contribution in [0.25, 0.3) is 5.76 Å². The summed E-state index contributed by atoms with van der Waals surface area (Å²) in [6.45, 7) is 0. The molecule has 3 N–H and O–H groups in total. The molecular formula is C20H12ClN3O2S. The lowest BCUT2D eigenvalue weighted by atomic mass is 9.68. The van der Waals surface area contributed by atoms with Crippen LogP contribution in [0.15, 0.2) is 64.4 Å². The van der Waals surface area contributed by atoms with Gasteiger partial charge in [0, 0.05) is 33.0 Å². The van der Waals surface area contributed by atoms with Gasteiger partial charge in [-0.15, -0.1) is 11.8 Å². The summed E-state index contributed by atoms with van der Waals surface area (Å²) in [4.78, 5) is 14.2. The van der Waals surface area contributed by atoms with Crippen LogP contribution in [-0.4, -0.2) is 11.7 Å². The van der Waals surface area contributed by atoms with Gasteiger partial charge in [0.25, 0.3) is 0 Å². The topological polar surface area (TPSA) is 88.1 Å². The summed E-state index contributed by atoms with van der Waals surface area (Å²) in [6.07, 6.45) is 0. The lowest BCUT2D eigenvalue weighted by Gasteiger charge is -2.38. The summed E-state index contributed by atoms with van der Waals surface area (Å²) in [5.74, 6) is 0.632. The molecule has 0 saturated carbocycles. The molecule has 0 bridgehead atoms. The number of nitrogens with two attached hydrogens (primary N) is 1. The van der Waals surface area contributed by atoms with E-state index in [1.165, 1.54) is 11.8 Å². The number of fused-ring (bicyclic) bond motifs is 5. The van der Waals surface area contributed by atoms with Crippen molar-refractivity contribution in [2.24, 2.45) is 5.73 Å². The highest BCUT2D eigenvalue weighted by Crippen LogP contribution is 2.57. The lowest BCUT2D eigenvalue weighted by molar-refractivity contribution is -0.118. The number of hydrogen-bond donors (Lipinski definition) is 2. The van der Waals surface area contributed by atoms with E-state index >= 15 is 0 Å². The van der Waals surface area contributed by atoms with Gasteiger partial charge in [0.2, 0.25) is 11.8 Å². The van der Waals surface area contributed by atoms with Crippen LogP contribution in [0.1, 0.15) is 11.1 Å². The van der Waals surface area contributed by atoms with Crippen molar-refractivity contribution in [3.8, 4) is 6.07 Å². The Kier molecular flexibility index (Phi) is 3.36. The second kappa shape index (κ2) is 5.56. The summed E-state index contributed by atoms with van der Waals surface area (Å²) in [6, 6.07) is 15.0. The number of para-hydroxylation sites is 1. The number of benzene rings is 2. The average Bonchev–Trinajstić information content (AvgIpc) is 2.95. The van der Waals surface area contributed by atoms with Crippen molar-refractivity contribution in [1.29, 1.82) is 5.26 Å². The Morgan fingerprint density at radius 2 is 2.07 bits per heavy atom. The number of ether oxygens (including phenoxy) is 1. The van der Waals surface area contributed by atoms with Gasteiger partial charge in [-0.05, 0) is 18.2 Å². The number of amides is 1. The second-order valence-electron chi connectivity index (χ2n) is 6.42. The molecule has 1 unspecified atom stereocenters. The first-order valence-corrected chi connectivity index (χ1v) is 9.59. The third-order valence-electron chi connectivity index (χ3n) is 5.16. The van der Waals surface area contributed by atoms with Crippen molar-refractivity contribution in [2.75, 3.05) is 11.1 Å². The molecule has 5 nitrogen and oxygen atoms in total. The molecule has 3 aliphatic heterocycles. The van der Waals surface area contributed by atoms with E-state index in [0.717, 1.165) is 21.6 Å². The Morgan fingerprint density at radius 1 is 1.26 bits per heavy atom. The first-order chi connectivity index (χ1) is 13.1. The quantitative estimate of drug-likeness (QED) is 0.711. The van der Waals surface area contributed by atoms with E-state index in [2.05, 4.69) is 11.4 Å². The molecule has 27 heavy (non-hydrogen) atoms. The molecule has 0 fully saturated rings. The van der Waals surface area contributed by atoms with Gasteiger partial charge >= 0.3 is 0 Å². The lowest BCUT2D eigenvalue weighted by Crippen LogP contribution is -2.44. The van der Waals surface area contributed by atoms with Gasteiger partial charge in [-0.1, -0.05) is 35.9 Å². The van der Waals surface area contributed by atoms with Gasteiger partial charge in [-0.2, -0.15) is 5.26 Å². The van der Waals surface area contributed by atoms with Gasteiger partial charge in [-0.3, -0.25) is 4.79 Å². The summed E-state index contributed by atoms with van der Waals surface area (Å²) >= 11 is 7.88. The van der Waals surface area contributed by atoms with Crippen LogP contribution in [-0.2, 0) is 14.9 Å². The Hall–Kier alpha value is -2.88. The fourth-order valence-electron chi connectivity index (χ4n) is 4.04. The molecule has 2 aromatic carbocycles. The highest BCUT2D eigenvalue weighted by molar-refractivity contribution is 7.99. The molecule has 0 radical (unpaired) electrons. The summed E-state index contributed by atoms with van der Waals surface area (Å²) in [5, 5.41) is 13.4. The molecule has 132 valence electrons. The van der Waals surface area contributed by atoms with Crippen LogP contribution in [0.2, 0.25) is 5.02 Å². The Morgan fingerprint density at radius 3 is 2.89 bits per heavy atom. The van der Waals surface area contributed by atoms with E-state index in [9.17, 15) is 10.1 Å². The van der Waals surface area contributed by atoms with Gasteiger partial charge in [0.1, 0.15) is 22.8 Å². The SMILES string of the molecule is N#CC1=C(N)OC2=C(CSc3c(Cl)cccc32)C12C(=O)Nc1ccccc12. The van der Waals surface area contributed by atoms with Crippen molar-refractivity contribution < 1.29 is 9.53 Å². The van der Waals surface area contributed by atoms with Crippen LogP contribution in [0.5, 0.6) is 0 Å². The molecule has 0 aromatic heterocycles. The Labute approximate surface area is 164 Å². The number of nitriles is 1.